The van der Waals surface area contributed by atoms with E-state index < -0.39 is 15.4 Å². The van der Waals surface area contributed by atoms with Gasteiger partial charge in [0.15, 0.2) is 0 Å². The molecule has 122 valence electrons. The van der Waals surface area contributed by atoms with E-state index in [4.69, 9.17) is 0 Å². The fourth-order valence-electron chi connectivity index (χ4n) is 2.04. The lowest BCUT2D eigenvalue weighted by atomic mass is 9.94. The van der Waals surface area contributed by atoms with Gasteiger partial charge in [-0.3, -0.25) is 9.59 Å². The standard InChI is InChI=1S/C13H25N3O4S/c1-13(2,3)12(18)16-8-6-15(7-9-16)11(17)10-14(4)21(5,19)20/h6-10H2,1-5H3. The zero-order valence-corrected chi connectivity index (χ0v) is 14.2. The molecule has 0 radical (unpaired) electrons. The molecule has 0 N–H and O–H groups in total. The summed E-state index contributed by atoms with van der Waals surface area (Å²) in [5.41, 5.74) is -0.428. The van der Waals surface area contributed by atoms with Gasteiger partial charge < -0.3 is 9.80 Å². The highest BCUT2D eigenvalue weighted by Gasteiger charge is 2.31. The second-order valence-corrected chi connectivity index (χ2v) is 8.53. The van der Waals surface area contributed by atoms with Crippen molar-refractivity contribution in [1.82, 2.24) is 14.1 Å². The summed E-state index contributed by atoms with van der Waals surface area (Å²) in [5, 5.41) is 0. The van der Waals surface area contributed by atoms with E-state index in [9.17, 15) is 18.0 Å². The molecule has 0 saturated carbocycles. The van der Waals surface area contributed by atoms with E-state index in [0.717, 1.165) is 10.6 Å². The molecule has 0 aliphatic carbocycles. The Labute approximate surface area is 126 Å². The van der Waals surface area contributed by atoms with Crippen LogP contribution >= 0.6 is 0 Å². The molecular formula is C13H25N3O4S. The predicted molar refractivity (Wildman–Crippen MR) is 80.1 cm³/mol. The van der Waals surface area contributed by atoms with Crippen LogP contribution in [0.2, 0.25) is 0 Å². The number of carbonyl (C=O) groups excluding carboxylic acids is 2. The molecule has 0 aromatic heterocycles. The van der Waals surface area contributed by atoms with Gasteiger partial charge in [0.1, 0.15) is 0 Å². The second-order valence-electron chi connectivity index (χ2n) is 6.44. The molecule has 0 unspecified atom stereocenters. The van der Waals surface area contributed by atoms with Gasteiger partial charge in [0, 0.05) is 38.6 Å². The van der Waals surface area contributed by atoms with Crippen molar-refractivity contribution in [2.75, 3.05) is 46.0 Å². The maximum Gasteiger partial charge on any atom is 0.238 e. The van der Waals surface area contributed by atoms with Crippen LogP contribution in [0.1, 0.15) is 20.8 Å². The molecule has 0 atom stereocenters. The first-order valence-corrected chi connectivity index (χ1v) is 8.76. The van der Waals surface area contributed by atoms with Crippen molar-refractivity contribution in [3.63, 3.8) is 0 Å². The number of likely N-dealkylation sites (N-methyl/N-ethyl adjacent to an activating group) is 1. The van der Waals surface area contributed by atoms with E-state index in [1.54, 1.807) is 9.80 Å². The number of carbonyl (C=O) groups is 2. The molecule has 1 aliphatic heterocycles. The Hall–Kier alpha value is -1.15. The van der Waals surface area contributed by atoms with Gasteiger partial charge in [0.05, 0.1) is 12.8 Å². The smallest absolute Gasteiger partial charge is 0.238 e. The third kappa shape index (κ3) is 4.96. The minimum absolute atomic E-state index is 0.0721. The van der Waals surface area contributed by atoms with Crippen molar-refractivity contribution >= 4 is 21.8 Å². The van der Waals surface area contributed by atoms with Gasteiger partial charge in [-0.15, -0.1) is 0 Å². The second kappa shape index (κ2) is 6.31. The average Bonchev–Trinajstić information content (AvgIpc) is 2.35. The highest BCUT2D eigenvalue weighted by molar-refractivity contribution is 7.88. The molecular weight excluding hydrogens is 294 g/mol. The van der Waals surface area contributed by atoms with Crippen molar-refractivity contribution in [3.05, 3.63) is 0 Å². The monoisotopic (exact) mass is 319 g/mol. The van der Waals surface area contributed by atoms with Gasteiger partial charge in [-0.2, -0.15) is 4.31 Å². The number of hydrogen-bond donors (Lipinski definition) is 0. The summed E-state index contributed by atoms with van der Waals surface area (Å²) in [7, 11) is -1.98. The van der Waals surface area contributed by atoms with Crippen molar-refractivity contribution in [3.8, 4) is 0 Å². The number of sulfonamides is 1. The van der Waals surface area contributed by atoms with Crippen LogP contribution in [0.15, 0.2) is 0 Å². The lowest BCUT2D eigenvalue weighted by molar-refractivity contribution is -0.144. The van der Waals surface area contributed by atoms with Crippen LogP contribution < -0.4 is 0 Å². The minimum atomic E-state index is -3.36. The number of piperazine rings is 1. The number of nitrogens with zero attached hydrogens (tertiary/aromatic N) is 3. The van der Waals surface area contributed by atoms with Gasteiger partial charge >= 0.3 is 0 Å². The maximum atomic E-state index is 12.1. The summed E-state index contributed by atoms with van der Waals surface area (Å²) in [6, 6.07) is 0. The molecule has 0 bridgehead atoms. The highest BCUT2D eigenvalue weighted by atomic mass is 32.2. The summed E-state index contributed by atoms with van der Waals surface area (Å²) >= 11 is 0. The Morgan fingerprint density at radius 1 is 1.05 bits per heavy atom. The molecule has 21 heavy (non-hydrogen) atoms. The van der Waals surface area contributed by atoms with Crippen LogP contribution in [0.4, 0.5) is 0 Å². The lowest BCUT2D eigenvalue weighted by Gasteiger charge is -2.38. The maximum absolute atomic E-state index is 12.1. The molecule has 2 amide bonds. The quantitative estimate of drug-likeness (QED) is 0.709. The largest absolute Gasteiger partial charge is 0.339 e. The Morgan fingerprint density at radius 2 is 1.48 bits per heavy atom. The predicted octanol–water partition coefficient (Wildman–Crippen LogP) is -0.405. The van der Waals surface area contributed by atoms with Gasteiger partial charge in [-0.1, -0.05) is 20.8 Å². The van der Waals surface area contributed by atoms with Gasteiger partial charge in [0.2, 0.25) is 21.8 Å². The van der Waals surface area contributed by atoms with Crippen LogP contribution in [0.25, 0.3) is 0 Å². The molecule has 0 aromatic carbocycles. The lowest BCUT2D eigenvalue weighted by Crippen LogP contribution is -2.54. The number of amides is 2. The van der Waals surface area contributed by atoms with Gasteiger partial charge in [0.25, 0.3) is 0 Å². The number of hydrogen-bond acceptors (Lipinski definition) is 4. The molecule has 1 rings (SSSR count). The molecule has 8 heteroatoms. The fraction of sp³-hybridized carbons (Fsp3) is 0.846. The molecule has 1 saturated heterocycles. The first-order chi connectivity index (χ1) is 9.43. The molecule has 7 nitrogen and oxygen atoms in total. The highest BCUT2D eigenvalue weighted by Crippen LogP contribution is 2.18. The Balaban J connectivity index is 2.54. The van der Waals surface area contributed by atoms with Crippen molar-refractivity contribution in [2.24, 2.45) is 5.41 Å². The molecule has 0 spiro atoms. The topological polar surface area (TPSA) is 78.0 Å². The summed E-state index contributed by atoms with van der Waals surface area (Å²) in [6.07, 6.45) is 1.07. The van der Waals surface area contributed by atoms with Crippen molar-refractivity contribution in [2.45, 2.75) is 20.8 Å². The zero-order chi connectivity index (χ0) is 16.4. The van der Waals surface area contributed by atoms with Crippen LogP contribution in [-0.4, -0.2) is 80.4 Å². The van der Waals surface area contributed by atoms with E-state index >= 15 is 0 Å². The third-order valence-electron chi connectivity index (χ3n) is 3.49. The van der Waals surface area contributed by atoms with Crippen LogP contribution in [0.5, 0.6) is 0 Å². The van der Waals surface area contributed by atoms with Crippen molar-refractivity contribution < 1.29 is 18.0 Å². The summed E-state index contributed by atoms with van der Waals surface area (Å²) in [6.45, 7) is 7.31. The summed E-state index contributed by atoms with van der Waals surface area (Å²) in [5.74, 6) is -0.159. The molecule has 1 heterocycles. The SMILES string of the molecule is CN(CC(=O)N1CCN(C(=O)C(C)(C)C)CC1)S(C)(=O)=O. The van der Waals surface area contributed by atoms with E-state index in [1.165, 1.54) is 7.05 Å². The van der Waals surface area contributed by atoms with Crippen molar-refractivity contribution in [1.29, 1.82) is 0 Å². The van der Waals surface area contributed by atoms with Crippen LogP contribution in [-0.2, 0) is 19.6 Å². The Bertz CT molecular complexity index is 502. The Morgan fingerprint density at radius 3 is 1.86 bits per heavy atom. The normalized spacial score (nSPS) is 17.2. The van der Waals surface area contributed by atoms with E-state index in [2.05, 4.69) is 0 Å². The average molecular weight is 319 g/mol. The zero-order valence-electron chi connectivity index (χ0n) is 13.4. The van der Waals surface area contributed by atoms with Crippen LogP contribution in [0.3, 0.4) is 0 Å². The van der Waals surface area contributed by atoms with E-state index in [0.29, 0.717) is 26.2 Å². The van der Waals surface area contributed by atoms with Gasteiger partial charge in [-0.05, 0) is 0 Å². The molecule has 1 aliphatic rings. The molecule has 1 fully saturated rings. The first kappa shape index (κ1) is 17.9. The van der Waals surface area contributed by atoms with E-state index in [-0.39, 0.29) is 18.4 Å². The first-order valence-electron chi connectivity index (χ1n) is 6.91. The Kier molecular flexibility index (Phi) is 5.38. The summed E-state index contributed by atoms with van der Waals surface area (Å²) in [4.78, 5) is 27.5. The molecule has 0 aromatic rings. The van der Waals surface area contributed by atoms with E-state index in [1.807, 2.05) is 20.8 Å². The summed E-state index contributed by atoms with van der Waals surface area (Å²) < 4.78 is 23.6. The number of rotatable bonds is 3. The van der Waals surface area contributed by atoms with Gasteiger partial charge in [-0.25, -0.2) is 8.42 Å². The van der Waals surface area contributed by atoms with Crippen LogP contribution in [0, 0.1) is 5.41 Å². The fourth-order valence-corrected chi connectivity index (χ4v) is 2.39. The third-order valence-corrected chi connectivity index (χ3v) is 4.75. The minimum Gasteiger partial charge on any atom is -0.339 e.